The van der Waals surface area contributed by atoms with Crippen LogP contribution in [0.4, 0.5) is 5.69 Å². The lowest BCUT2D eigenvalue weighted by Gasteiger charge is -2.04. The van der Waals surface area contributed by atoms with Gasteiger partial charge in [0.1, 0.15) is 0 Å². The van der Waals surface area contributed by atoms with E-state index in [1.54, 1.807) is 49.1 Å². The molecule has 5 heteroatoms. The number of nitrogens with zero attached hydrogens (tertiary/aromatic N) is 2. The van der Waals surface area contributed by atoms with Gasteiger partial charge in [0.2, 0.25) is 0 Å². The standard InChI is InChI=1S/C14H15N3O2/c1-9-13(8-17(3)16-9)14(19)15-12-6-4-11(5-7-12)10(2)18/h4-8H,1-3H3,(H,15,19). The molecule has 0 spiro atoms. The van der Waals surface area contributed by atoms with E-state index in [2.05, 4.69) is 10.4 Å². The smallest absolute Gasteiger partial charge is 0.259 e. The number of hydrogen-bond acceptors (Lipinski definition) is 3. The van der Waals surface area contributed by atoms with Crippen LogP contribution in [0, 0.1) is 6.92 Å². The van der Waals surface area contributed by atoms with Crippen molar-refractivity contribution in [3.63, 3.8) is 0 Å². The van der Waals surface area contributed by atoms with E-state index in [0.29, 0.717) is 22.5 Å². The molecule has 1 N–H and O–H groups in total. The van der Waals surface area contributed by atoms with Gasteiger partial charge in [-0.3, -0.25) is 14.3 Å². The third-order valence-electron chi connectivity index (χ3n) is 2.81. The highest BCUT2D eigenvalue weighted by molar-refractivity contribution is 6.05. The SMILES string of the molecule is CC(=O)c1ccc(NC(=O)c2cn(C)nc2C)cc1. The lowest BCUT2D eigenvalue weighted by Crippen LogP contribution is -2.12. The molecule has 0 radical (unpaired) electrons. The maximum Gasteiger partial charge on any atom is 0.259 e. The third-order valence-corrected chi connectivity index (χ3v) is 2.81. The van der Waals surface area contributed by atoms with Crippen LogP contribution in [0.25, 0.3) is 0 Å². The summed E-state index contributed by atoms with van der Waals surface area (Å²) in [4.78, 5) is 23.2. The molecule has 1 aromatic heterocycles. The van der Waals surface area contributed by atoms with Crippen molar-refractivity contribution >= 4 is 17.4 Å². The highest BCUT2D eigenvalue weighted by Gasteiger charge is 2.12. The summed E-state index contributed by atoms with van der Waals surface area (Å²) < 4.78 is 1.60. The summed E-state index contributed by atoms with van der Waals surface area (Å²) in [7, 11) is 1.77. The number of aryl methyl sites for hydroxylation is 2. The minimum atomic E-state index is -0.207. The molecule has 0 fully saturated rings. The zero-order valence-corrected chi connectivity index (χ0v) is 11.1. The lowest BCUT2D eigenvalue weighted by atomic mass is 10.1. The number of Topliss-reactive ketones (excluding diaryl/α,β-unsaturated/α-hetero) is 1. The van der Waals surface area contributed by atoms with Gasteiger partial charge in [-0.2, -0.15) is 5.10 Å². The highest BCUT2D eigenvalue weighted by atomic mass is 16.1. The number of carbonyl (C=O) groups excluding carboxylic acids is 2. The molecule has 0 unspecified atom stereocenters. The molecule has 1 amide bonds. The van der Waals surface area contributed by atoms with Gasteiger partial charge in [-0.1, -0.05) is 0 Å². The Morgan fingerprint density at radius 3 is 2.32 bits per heavy atom. The molecule has 0 aliphatic rings. The van der Waals surface area contributed by atoms with Crippen molar-refractivity contribution in [2.75, 3.05) is 5.32 Å². The summed E-state index contributed by atoms with van der Waals surface area (Å²) in [5, 5.41) is 6.90. The molecular weight excluding hydrogens is 242 g/mol. The maximum atomic E-state index is 12.0. The molecule has 0 aliphatic carbocycles. The molecule has 2 rings (SSSR count). The number of ketones is 1. The molecule has 98 valence electrons. The third kappa shape index (κ3) is 2.88. The first-order valence-corrected chi connectivity index (χ1v) is 5.90. The van der Waals surface area contributed by atoms with Crippen LogP contribution in [0.15, 0.2) is 30.5 Å². The number of amides is 1. The van der Waals surface area contributed by atoms with E-state index in [4.69, 9.17) is 0 Å². The number of aromatic nitrogens is 2. The Morgan fingerprint density at radius 2 is 1.84 bits per heavy atom. The van der Waals surface area contributed by atoms with Crippen molar-refractivity contribution in [2.45, 2.75) is 13.8 Å². The van der Waals surface area contributed by atoms with Gasteiger partial charge in [0.15, 0.2) is 5.78 Å². The Hall–Kier alpha value is -2.43. The summed E-state index contributed by atoms with van der Waals surface area (Å²) in [6.07, 6.45) is 1.68. The van der Waals surface area contributed by atoms with Crippen LogP contribution in [-0.4, -0.2) is 21.5 Å². The highest BCUT2D eigenvalue weighted by Crippen LogP contribution is 2.13. The topological polar surface area (TPSA) is 64.0 Å². The lowest BCUT2D eigenvalue weighted by molar-refractivity contribution is 0.101. The average Bonchev–Trinajstić information content (AvgIpc) is 2.69. The van der Waals surface area contributed by atoms with E-state index in [1.807, 2.05) is 0 Å². The predicted octanol–water partition coefficient (Wildman–Crippen LogP) is 2.18. The van der Waals surface area contributed by atoms with Gasteiger partial charge in [-0.05, 0) is 38.1 Å². The predicted molar refractivity (Wildman–Crippen MR) is 72.3 cm³/mol. The number of nitrogens with one attached hydrogen (secondary N) is 1. The van der Waals surface area contributed by atoms with Crippen LogP contribution >= 0.6 is 0 Å². The Balaban J connectivity index is 2.15. The maximum absolute atomic E-state index is 12.0. The van der Waals surface area contributed by atoms with Crippen LogP contribution in [0.5, 0.6) is 0 Å². The van der Waals surface area contributed by atoms with Gasteiger partial charge in [-0.15, -0.1) is 0 Å². The van der Waals surface area contributed by atoms with E-state index >= 15 is 0 Å². The van der Waals surface area contributed by atoms with Crippen LogP contribution in [-0.2, 0) is 7.05 Å². The molecule has 5 nitrogen and oxygen atoms in total. The van der Waals surface area contributed by atoms with E-state index in [0.717, 1.165) is 0 Å². The van der Waals surface area contributed by atoms with Crippen molar-refractivity contribution in [2.24, 2.45) is 7.05 Å². The zero-order chi connectivity index (χ0) is 14.0. The zero-order valence-electron chi connectivity index (χ0n) is 11.1. The molecule has 0 aliphatic heterocycles. The number of hydrogen-bond donors (Lipinski definition) is 1. The minimum Gasteiger partial charge on any atom is -0.322 e. The normalized spacial score (nSPS) is 10.3. The fourth-order valence-electron chi connectivity index (χ4n) is 1.81. The fourth-order valence-corrected chi connectivity index (χ4v) is 1.81. The van der Waals surface area contributed by atoms with Crippen molar-refractivity contribution in [3.8, 4) is 0 Å². The monoisotopic (exact) mass is 257 g/mol. The molecular formula is C14H15N3O2. The number of rotatable bonds is 3. The summed E-state index contributed by atoms with van der Waals surface area (Å²) in [5.41, 5.74) is 2.49. The first-order valence-electron chi connectivity index (χ1n) is 5.90. The largest absolute Gasteiger partial charge is 0.322 e. The molecule has 0 bridgehead atoms. The second-order valence-electron chi connectivity index (χ2n) is 4.39. The van der Waals surface area contributed by atoms with Crippen molar-refractivity contribution < 1.29 is 9.59 Å². The quantitative estimate of drug-likeness (QED) is 0.857. The van der Waals surface area contributed by atoms with E-state index in [-0.39, 0.29) is 11.7 Å². The second kappa shape index (κ2) is 5.06. The molecule has 0 saturated heterocycles. The Labute approximate surface area is 111 Å². The van der Waals surface area contributed by atoms with Crippen molar-refractivity contribution in [1.82, 2.24) is 9.78 Å². The van der Waals surface area contributed by atoms with Gasteiger partial charge >= 0.3 is 0 Å². The van der Waals surface area contributed by atoms with E-state index in [9.17, 15) is 9.59 Å². The molecule has 2 aromatic rings. The average molecular weight is 257 g/mol. The summed E-state index contributed by atoms with van der Waals surface area (Å²) >= 11 is 0. The fraction of sp³-hybridized carbons (Fsp3) is 0.214. The first kappa shape index (κ1) is 13.0. The van der Waals surface area contributed by atoms with Gasteiger partial charge in [0.25, 0.3) is 5.91 Å². The number of anilines is 1. The molecule has 0 saturated carbocycles. The van der Waals surface area contributed by atoms with Gasteiger partial charge < -0.3 is 5.32 Å². The van der Waals surface area contributed by atoms with Crippen molar-refractivity contribution in [1.29, 1.82) is 0 Å². The Kier molecular flexibility index (Phi) is 3.46. The summed E-state index contributed by atoms with van der Waals surface area (Å²) in [5.74, 6) is -0.206. The van der Waals surface area contributed by atoms with Crippen molar-refractivity contribution in [3.05, 3.63) is 47.3 Å². The number of carbonyl (C=O) groups is 2. The van der Waals surface area contributed by atoms with E-state index < -0.39 is 0 Å². The van der Waals surface area contributed by atoms with Crippen LogP contribution < -0.4 is 5.32 Å². The van der Waals surface area contributed by atoms with Crippen LogP contribution in [0.3, 0.4) is 0 Å². The van der Waals surface area contributed by atoms with Crippen LogP contribution in [0.2, 0.25) is 0 Å². The van der Waals surface area contributed by atoms with Gasteiger partial charge in [-0.25, -0.2) is 0 Å². The molecule has 0 atom stereocenters. The molecule has 19 heavy (non-hydrogen) atoms. The summed E-state index contributed by atoms with van der Waals surface area (Å²) in [6, 6.07) is 6.79. The second-order valence-corrected chi connectivity index (χ2v) is 4.39. The van der Waals surface area contributed by atoms with E-state index in [1.165, 1.54) is 6.92 Å². The van der Waals surface area contributed by atoms with Gasteiger partial charge in [0.05, 0.1) is 11.3 Å². The Bertz CT molecular complexity index is 627. The van der Waals surface area contributed by atoms with Gasteiger partial charge in [0, 0.05) is 24.5 Å². The van der Waals surface area contributed by atoms with Crippen LogP contribution in [0.1, 0.15) is 33.3 Å². The molecule has 1 heterocycles. The Morgan fingerprint density at radius 1 is 1.21 bits per heavy atom. The molecule has 1 aromatic carbocycles. The summed E-state index contributed by atoms with van der Waals surface area (Å²) in [6.45, 7) is 3.29. The first-order chi connectivity index (χ1) is 8.97. The number of benzene rings is 1. The minimum absolute atomic E-state index is 0.000908.